The molecule has 0 fully saturated rings. The number of hydrogen-bond acceptors (Lipinski definition) is 3. The fraction of sp³-hybridized carbons (Fsp3) is 0.412. The summed E-state index contributed by atoms with van der Waals surface area (Å²) in [5.74, 6) is 1.02. The van der Waals surface area contributed by atoms with Crippen molar-refractivity contribution in [3.63, 3.8) is 0 Å². The largest absolute Gasteiger partial charge is 0.342 e. The summed E-state index contributed by atoms with van der Waals surface area (Å²) in [6.07, 6.45) is 6.88. The normalized spacial score (nSPS) is 12.8. The molecule has 0 aliphatic rings. The van der Waals surface area contributed by atoms with Gasteiger partial charge in [0.15, 0.2) is 0 Å². The smallest absolute Gasteiger partial charge is 0.107 e. The third kappa shape index (κ3) is 4.56. The lowest BCUT2D eigenvalue weighted by Gasteiger charge is -2.13. The van der Waals surface area contributed by atoms with E-state index < -0.39 is 0 Å². The molecule has 0 saturated carbocycles. The fourth-order valence-corrected chi connectivity index (χ4v) is 2.79. The Morgan fingerprint density at radius 1 is 1.39 bits per heavy atom. The minimum atomic E-state index is 0.480. The van der Waals surface area contributed by atoms with Gasteiger partial charge in [0.25, 0.3) is 0 Å². The van der Waals surface area contributed by atoms with Crippen LogP contribution >= 0.6 is 11.6 Å². The maximum absolute atomic E-state index is 5.99. The van der Waals surface area contributed by atoms with Crippen LogP contribution in [0.5, 0.6) is 0 Å². The van der Waals surface area contributed by atoms with Crippen LogP contribution in [0.25, 0.3) is 11.0 Å². The first-order valence-electron chi connectivity index (χ1n) is 8.05. The molecule has 2 N–H and O–H groups in total. The van der Waals surface area contributed by atoms with Crippen molar-refractivity contribution in [2.24, 2.45) is 0 Å². The van der Waals surface area contributed by atoms with Crippen molar-refractivity contribution >= 4 is 22.6 Å². The highest BCUT2D eigenvalue weighted by Gasteiger charge is 2.05. The molecule has 6 heteroatoms. The minimum absolute atomic E-state index is 0.480. The van der Waals surface area contributed by atoms with Crippen LogP contribution in [0.4, 0.5) is 0 Å². The maximum Gasteiger partial charge on any atom is 0.107 e. The lowest BCUT2D eigenvalue weighted by Crippen LogP contribution is -2.28. The molecular weight excluding hydrogens is 310 g/mol. The average molecular weight is 332 g/mol. The van der Waals surface area contributed by atoms with Crippen molar-refractivity contribution in [1.82, 2.24) is 25.1 Å². The van der Waals surface area contributed by atoms with Crippen LogP contribution in [-0.2, 0) is 13.0 Å². The van der Waals surface area contributed by atoms with Gasteiger partial charge in [0.1, 0.15) is 5.82 Å². The van der Waals surface area contributed by atoms with E-state index in [0.717, 1.165) is 54.2 Å². The monoisotopic (exact) mass is 331 g/mol. The van der Waals surface area contributed by atoms with Gasteiger partial charge in [0.05, 0.1) is 11.0 Å². The molecule has 2 aromatic heterocycles. The van der Waals surface area contributed by atoms with Gasteiger partial charge in [-0.3, -0.25) is 4.68 Å². The van der Waals surface area contributed by atoms with Gasteiger partial charge in [-0.15, -0.1) is 0 Å². The maximum atomic E-state index is 5.99. The predicted molar refractivity (Wildman–Crippen MR) is 93.7 cm³/mol. The van der Waals surface area contributed by atoms with E-state index in [1.807, 2.05) is 41.3 Å². The number of H-pyrrole nitrogens is 1. The summed E-state index contributed by atoms with van der Waals surface area (Å²) in [6, 6.07) is 8.18. The van der Waals surface area contributed by atoms with E-state index in [1.54, 1.807) is 0 Å². The second kappa shape index (κ2) is 7.62. The van der Waals surface area contributed by atoms with Crippen molar-refractivity contribution in [2.45, 2.75) is 38.8 Å². The van der Waals surface area contributed by atoms with Crippen LogP contribution in [0.1, 0.15) is 25.6 Å². The molecule has 1 aromatic carbocycles. The van der Waals surface area contributed by atoms with Gasteiger partial charge < -0.3 is 10.3 Å². The summed E-state index contributed by atoms with van der Waals surface area (Å²) in [7, 11) is 0. The number of aromatic nitrogens is 4. The molecule has 0 amide bonds. The zero-order valence-corrected chi connectivity index (χ0v) is 14.1. The van der Waals surface area contributed by atoms with Crippen LogP contribution in [0.2, 0.25) is 5.02 Å². The first-order chi connectivity index (χ1) is 11.2. The highest BCUT2D eigenvalue weighted by Crippen LogP contribution is 2.17. The zero-order chi connectivity index (χ0) is 16.1. The molecule has 0 unspecified atom stereocenters. The topological polar surface area (TPSA) is 58.5 Å². The quantitative estimate of drug-likeness (QED) is 0.622. The van der Waals surface area contributed by atoms with Crippen LogP contribution in [0.3, 0.4) is 0 Å². The van der Waals surface area contributed by atoms with Crippen LogP contribution in [0, 0.1) is 0 Å². The molecule has 0 saturated heterocycles. The lowest BCUT2D eigenvalue weighted by atomic mass is 10.2. The molecular formula is C17H22ClN5. The fourth-order valence-electron chi connectivity index (χ4n) is 2.62. The molecule has 122 valence electrons. The third-order valence-electron chi connectivity index (χ3n) is 3.93. The minimum Gasteiger partial charge on any atom is -0.342 e. The number of aromatic amines is 1. The molecule has 3 aromatic rings. The van der Waals surface area contributed by atoms with E-state index in [9.17, 15) is 0 Å². The Morgan fingerprint density at radius 2 is 2.30 bits per heavy atom. The summed E-state index contributed by atoms with van der Waals surface area (Å²) >= 11 is 5.99. The molecule has 0 radical (unpaired) electrons. The Labute approximate surface area is 141 Å². The van der Waals surface area contributed by atoms with Gasteiger partial charge in [0, 0.05) is 36.4 Å². The molecule has 0 spiro atoms. The molecule has 2 heterocycles. The van der Waals surface area contributed by atoms with E-state index >= 15 is 0 Å². The summed E-state index contributed by atoms with van der Waals surface area (Å²) in [5, 5.41) is 8.51. The predicted octanol–water partition coefficient (Wildman–Crippen LogP) is 3.41. The zero-order valence-electron chi connectivity index (χ0n) is 13.3. The van der Waals surface area contributed by atoms with Crippen LogP contribution in [0.15, 0.2) is 36.7 Å². The molecule has 23 heavy (non-hydrogen) atoms. The van der Waals surface area contributed by atoms with Crippen molar-refractivity contribution in [1.29, 1.82) is 0 Å². The number of benzene rings is 1. The van der Waals surface area contributed by atoms with E-state index in [4.69, 9.17) is 11.6 Å². The van der Waals surface area contributed by atoms with Gasteiger partial charge in [-0.05, 0) is 50.6 Å². The number of imidazole rings is 1. The van der Waals surface area contributed by atoms with Gasteiger partial charge in [-0.25, -0.2) is 4.98 Å². The second-order valence-electron chi connectivity index (χ2n) is 5.86. The first-order valence-corrected chi connectivity index (χ1v) is 8.43. The Kier molecular flexibility index (Phi) is 5.31. The second-order valence-corrected chi connectivity index (χ2v) is 6.30. The van der Waals surface area contributed by atoms with Gasteiger partial charge >= 0.3 is 0 Å². The Balaban J connectivity index is 1.38. The summed E-state index contributed by atoms with van der Waals surface area (Å²) in [6.45, 7) is 4.15. The average Bonchev–Trinajstić information content (AvgIpc) is 3.18. The van der Waals surface area contributed by atoms with Crippen molar-refractivity contribution in [2.75, 3.05) is 6.54 Å². The lowest BCUT2D eigenvalue weighted by molar-refractivity contribution is 0.455. The van der Waals surface area contributed by atoms with E-state index in [-0.39, 0.29) is 0 Å². The highest BCUT2D eigenvalue weighted by molar-refractivity contribution is 6.31. The number of nitrogens with one attached hydrogen (secondary N) is 2. The molecule has 1 atom stereocenters. The van der Waals surface area contributed by atoms with Crippen LogP contribution < -0.4 is 5.32 Å². The highest BCUT2D eigenvalue weighted by atomic mass is 35.5. The number of fused-ring (bicyclic) bond motifs is 1. The Morgan fingerprint density at radius 3 is 3.13 bits per heavy atom. The Bertz CT molecular complexity index is 735. The third-order valence-corrected chi connectivity index (χ3v) is 4.16. The first kappa shape index (κ1) is 16.0. The van der Waals surface area contributed by atoms with Gasteiger partial charge in [-0.1, -0.05) is 11.6 Å². The number of nitrogens with zero attached hydrogens (tertiary/aromatic N) is 3. The summed E-state index contributed by atoms with van der Waals surface area (Å²) < 4.78 is 1.97. The van der Waals surface area contributed by atoms with E-state index in [0.29, 0.717) is 6.04 Å². The number of rotatable bonds is 8. The summed E-state index contributed by atoms with van der Waals surface area (Å²) in [5.41, 5.74) is 1.98. The Hall–Kier alpha value is -1.85. The standard InChI is InChI=1S/C17H22ClN5/c1-13(7-11-23-10-3-9-20-23)19-8-2-4-17-21-15-6-5-14(18)12-16(15)22-17/h3,5-6,9-10,12-13,19H,2,4,7-8,11H2,1H3,(H,21,22)/t13-/m0/s1. The van der Waals surface area contributed by atoms with E-state index in [1.165, 1.54) is 0 Å². The van der Waals surface area contributed by atoms with E-state index in [2.05, 4.69) is 27.3 Å². The molecule has 0 aliphatic heterocycles. The van der Waals surface area contributed by atoms with Crippen molar-refractivity contribution in [3.05, 3.63) is 47.5 Å². The van der Waals surface area contributed by atoms with Gasteiger partial charge in [-0.2, -0.15) is 5.10 Å². The SMILES string of the molecule is C[C@@H](CCn1cccn1)NCCCc1nc2ccc(Cl)cc2[nH]1. The molecule has 5 nitrogen and oxygen atoms in total. The number of halogens is 1. The van der Waals surface area contributed by atoms with Crippen molar-refractivity contribution in [3.8, 4) is 0 Å². The molecule has 0 bridgehead atoms. The van der Waals surface area contributed by atoms with Gasteiger partial charge in [0.2, 0.25) is 0 Å². The number of hydrogen-bond donors (Lipinski definition) is 2. The summed E-state index contributed by atoms with van der Waals surface area (Å²) in [4.78, 5) is 7.92. The van der Waals surface area contributed by atoms with Crippen molar-refractivity contribution < 1.29 is 0 Å². The molecule has 0 aliphatic carbocycles. The van der Waals surface area contributed by atoms with Crippen LogP contribution in [-0.4, -0.2) is 32.3 Å². The number of aryl methyl sites for hydroxylation is 2. The molecule has 3 rings (SSSR count).